The molecule has 4 heteroatoms. The molecule has 1 aliphatic rings. The van der Waals surface area contributed by atoms with Gasteiger partial charge in [-0.05, 0) is 28.8 Å². The van der Waals surface area contributed by atoms with Crippen LogP contribution in [-0.4, -0.2) is 24.2 Å². The fourth-order valence-corrected chi connectivity index (χ4v) is 2.93. The number of aliphatic carboxylic acids is 1. The topological polar surface area (TPSA) is 49.3 Å². The predicted molar refractivity (Wildman–Crippen MR) is 55.8 cm³/mol. The number of carbonyl (C=O) groups is 1. The van der Waals surface area contributed by atoms with Gasteiger partial charge in [-0.2, -0.15) is 11.3 Å². The molecule has 76 valence electrons. The van der Waals surface area contributed by atoms with Crippen molar-refractivity contribution in [1.82, 2.24) is 5.32 Å². The molecule has 0 spiro atoms. The number of thiophene rings is 1. The Hall–Kier alpha value is -0.870. The molecule has 0 saturated carbocycles. The Bertz CT molecular complexity index is 348. The lowest BCUT2D eigenvalue weighted by Gasteiger charge is -2.14. The molecule has 1 saturated heterocycles. The van der Waals surface area contributed by atoms with E-state index in [1.54, 1.807) is 11.3 Å². The van der Waals surface area contributed by atoms with E-state index in [2.05, 4.69) is 16.1 Å². The second-order valence-corrected chi connectivity index (χ2v) is 4.46. The van der Waals surface area contributed by atoms with Crippen molar-refractivity contribution in [2.45, 2.75) is 12.8 Å². The molecule has 2 N–H and O–H groups in total. The minimum atomic E-state index is -0.689. The van der Waals surface area contributed by atoms with Crippen LogP contribution in [-0.2, 0) is 4.79 Å². The third-order valence-electron chi connectivity index (χ3n) is 2.83. The third-order valence-corrected chi connectivity index (χ3v) is 3.71. The third kappa shape index (κ3) is 1.55. The van der Waals surface area contributed by atoms with E-state index in [0.717, 1.165) is 6.54 Å². The standard InChI is InChI=1S/C10H13NO2S/c1-6-4-14-5-9(6)7-2-11-3-8(7)10(12)13/h4-5,7-8,11H,2-3H2,1H3,(H,12,13). The molecule has 2 atom stereocenters. The van der Waals surface area contributed by atoms with E-state index in [1.807, 2.05) is 6.92 Å². The molecule has 0 bridgehead atoms. The average Bonchev–Trinajstić information content (AvgIpc) is 2.70. The Morgan fingerprint density at radius 3 is 2.93 bits per heavy atom. The Labute approximate surface area is 86.8 Å². The number of aryl methyl sites for hydroxylation is 1. The van der Waals surface area contributed by atoms with Gasteiger partial charge in [-0.25, -0.2) is 0 Å². The van der Waals surface area contributed by atoms with Crippen LogP contribution in [0.25, 0.3) is 0 Å². The lowest BCUT2D eigenvalue weighted by molar-refractivity contribution is -0.141. The first-order valence-electron chi connectivity index (χ1n) is 4.66. The van der Waals surface area contributed by atoms with E-state index in [-0.39, 0.29) is 11.8 Å². The Balaban J connectivity index is 2.26. The second-order valence-electron chi connectivity index (χ2n) is 3.72. The highest BCUT2D eigenvalue weighted by Gasteiger charge is 2.34. The van der Waals surface area contributed by atoms with Crippen LogP contribution in [0.5, 0.6) is 0 Å². The van der Waals surface area contributed by atoms with Crippen LogP contribution in [0.15, 0.2) is 10.8 Å². The van der Waals surface area contributed by atoms with Crippen LogP contribution < -0.4 is 5.32 Å². The van der Waals surface area contributed by atoms with Crippen LogP contribution >= 0.6 is 11.3 Å². The summed E-state index contributed by atoms with van der Waals surface area (Å²) in [5, 5.41) is 16.3. The largest absolute Gasteiger partial charge is 0.481 e. The molecule has 0 radical (unpaired) electrons. The zero-order valence-corrected chi connectivity index (χ0v) is 8.80. The first kappa shape index (κ1) is 9.68. The van der Waals surface area contributed by atoms with Gasteiger partial charge in [-0.1, -0.05) is 0 Å². The minimum Gasteiger partial charge on any atom is -0.481 e. The lowest BCUT2D eigenvalue weighted by Crippen LogP contribution is -2.21. The van der Waals surface area contributed by atoms with E-state index >= 15 is 0 Å². The molecule has 1 aromatic rings. The van der Waals surface area contributed by atoms with Crippen molar-refractivity contribution in [3.63, 3.8) is 0 Å². The van der Waals surface area contributed by atoms with Crippen LogP contribution in [0, 0.1) is 12.8 Å². The summed E-state index contributed by atoms with van der Waals surface area (Å²) in [5.41, 5.74) is 2.42. The number of rotatable bonds is 2. The van der Waals surface area contributed by atoms with Gasteiger partial charge in [0.25, 0.3) is 0 Å². The first-order valence-corrected chi connectivity index (χ1v) is 5.60. The van der Waals surface area contributed by atoms with Crippen molar-refractivity contribution in [2.75, 3.05) is 13.1 Å². The SMILES string of the molecule is Cc1cscc1C1CNCC1C(=O)O. The molecule has 2 heterocycles. The molecule has 1 aromatic heterocycles. The summed E-state index contributed by atoms with van der Waals surface area (Å²) in [6.07, 6.45) is 0. The molecule has 3 nitrogen and oxygen atoms in total. The van der Waals surface area contributed by atoms with Crippen LogP contribution in [0.2, 0.25) is 0 Å². The quantitative estimate of drug-likeness (QED) is 0.778. The molecule has 1 fully saturated rings. The Morgan fingerprint density at radius 1 is 1.57 bits per heavy atom. The fourth-order valence-electron chi connectivity index (χ4n) is 2.02. The van der Waals surface area contributed by atoms with Crippen LogP contribution in [0.1, 0.15) is 17.0 Å². The fraction of sp³-hybridized carbons (Fsp3) is 0.500. The zero-order chi connectivity index (χ0) is 10.1. The predicted octanol–water partition coefficient (Wildman–Crippen LogP) is 1.44. The summed E-state index contributed by atoms with van der Waals surface area (Å²) < 4.78 is 0. The van der Waals surface area contributed by atoms with Crippen molar-refractivity contribution in [2.24, 2.45) is 5.92 Å². The van der Waals surface area contributed by atoms with Crippen molar-refractivity contribution in [1.29, 1.82) is 0 Å². The van der Waals surface area contributed by atoms with E-state index in [1.165, 1.54) is 11.1 Å². The van der Waals surface area contributed by atoms with Gasteiger partial charge >= 0.3 is 5.97 Å². The summed E-state index contributed by atoms with van der Waals surface area (Å²) in [6.45, 7) is 3.42. The molecule has 14 heavy (non-hydrogen) atoms. The molecule has 0 aliphatic carbocycles. The second kappa shape index (κ2) is 3.71. The summed E-state index contributed by atoms with van der Waals surface area (Å²) in [4.78, 5) is 11.0. The van der Waals surface area contributed by atoms with Gasteiger partial charge in [-0.3, -0.25) is 4.79 Å². The molecule has 0 aromatic carbocycles. The van der Waals surface area contributed by atoms with Gasteiger partial charge in [0, 0.05) is 19.0 Å². The van der Waals surface area contributed by atoms with E-state index in [4.69, 9.17) is 5.11 Å². The van der Waals surface area contributed by atoms with Gasteiger partial charge in [-0.15, -0.1) is 0 Å². The number of hydrogen-bond donors (Lipinski definition) is 2. The lowest BCUT2D eigenvalue weighted by atomic mass is 9.89. The maximum Gasteiger partial charge on any atom is 0.308 e. The molecule has 0 amide bonds. The Morgan fingerprint density at radius 2 is 2.36 bits per heavy atom. The monoisotopic (exact) mass is 211 g/mol. The number of hydrogen-bond acceptors (Lipinski definition) is 3. The maximum atomic E-state index is 11.0. The molecular formula is C10H13NO2S. The van der Waals surface area contributed by atoms with E-state index in [0.29, 0.717) is 6.54 Å². The summed E-state index contributed by atoms with van der Waals surface area (Å²) in [6, 6.07) is 0. The van der Waals surface area contributed by atoms with Crippen LogP contribution in [0.3, 0.4) is 0 Å². The highest BCUT2D eigenvalue weighted by Crippen LogP contribution is 2.32. The van der Waals surface area contributed by atoms with Gasteiger partial charge in [0.1, 0.15) is 0 Å². The summed E-state index contributed by atoms with van der Waals surface area (Å²) in [7, 11) is 0. The normalized spacial score (nSPS) is 26.6. The van der Waals surface area contributed by atoms with Gasteiger partial charge in [0.05, 0.1) is 5.92 Å². The smallest absolute Gasteiger partial charge is 0.308 e. The number of carboxylic acids is 1. The van der Waals surface area contributed by atoms with Gasteiger partial charge < -0.3 is 10.4 Å². The van der Waals surface area contributed by atoms with Gasteiger partial charge in [0.15, 0.2) is 0 Å². The van der Waals surface area contributed by atoms with Crippen LogP contribution in [0.4, 0.5) is 0 Å². The molecule has 2 rings (SSSR count). The van der Waals surface area contributed by atoms with Crippen molar-refractivity contribution < 1.29 is 9.90 Å². The average molecular weight is 211 g/mol. The minimum absolute atomic E-state index is 0.152. The van der Waals surface area contributed by atoms with Crippen molar-refractivity contribution in [3.05, 3.63) is 21.9 Å². The van der Waals surface area contributed by atoms with Crippen molar-refractivity contribution in [3.8, 4) is 0 Å². The summed E-state index contributed by atoms with van der Waals surface area (Å²) in [5.74, 6) is -0.798. The molecule has 2 unspecified atom stereocenters. The number of nitrogens with one attached hydrogen (secondary N) is 1. The number of carboxylic acid groups (broad SMARTS) is 1. The zero-order valence-electron chi connectivity index (χ0n) is 7.99. The highest BCUT2D eigenvalue weighted by molar-refractivity contribution is 7.08. The molecular weight excluding hydrogens is 198 g/mol. The summed E-state index contributed by atoms with van der Waals surface area (Å²) >= 11 is 1.65. The van der Waals surface area contributed by atoms with Gasteiger partial charge in [0.2, 0.25) is 0 Å². The van der Waals surface area contributed by atoms with E-state index < -0.39 is 5.97 Å². The highest BCUT2D eigenvalue weighted by atomic mass is 32.1. The van der Waals surface area contributed by atoms with E-state index in [9.17, 15) is 4.79 Å². The van der Waals surface area contributed by atoms with Crippen molar-refractivity contribution >= 4 is 17.3 Å². The molecule has 1 aliphatic heterocycles. The first-order chi connectivity index (χ1) is 6.70. The Kier molecular flexibility index (Phi) is 2.56. The maximum absolute atomic E-state index is 11.0.